The Kier molecular flexibility index (Phi) is 7.01. The maximum absolute atomic E-state index is 12.0. The molecule has 19 heavy (non-hydrogen) atoms. The van der Waals surface area contributed by atoms with E-state index in [1.807, 2.05) is 20.9 Å². The average molecular weight is 272 g/mol. The van der Waals surface area contributed by atoms with Gasteiger partial charge >= 0.3 is 5.97 Å². The Morgan fingerprint density at radius 3 is 2.21 bits per heavy atom. The molecule has 0 fully saturated rings. The number of likely N-dealkylation sites (N-methyl/N-ethyl adjacent to an activating group) is 1. The number of nitrogens with zero attached hydrogens (tertiary/aromatic N) is 1. The van der Waals surface area contributed by atoms with Gasteiger partial charge in [-0.25, -0.2) is 0 Å². The lowest BCUT2D eigenvalue weighted by atomic mass is 9.86. The molecule has 114 valence electrons. The molecule has 0 spiro atoms. The van der Waals surface area contributed by atoms with Crippen LogP contribution in [0.25, 0.3) is 0 Å². The van der Waals surface area contributed by atoms with Gasteiger partial charge in [0.25, 0.3) is 0 Å². The number of carbonyl (C=O) groups is 1. The van der Waals surface area contributed by atoms with E-state index >= 15 is 0 Å². The van der Waals surface area contributed by atoms with Crippen LogP contribution in [0.5, 0.6) is 0 Å². The van der Waals surface area contributed by atoms with E-state index in [0.717, 1.165) is 13.0 Å². The topological polar surface area (TPSA) is 41.6 Å². The summed E-state index contributed by atoms with van der Waals surface area (Å²) in [6, 6.07) is 0.454. The van der Waals surface area contributed by atoms with Gasteiger partial charge in [-0.3, -0.25) is 4.79 Å². The second-order valence-electron chi connectivity index (χ2n) is 6.58. The third-order valence-corrected chi connectivity index (χ3v) is 4.16. The lowest BCUT2D eigenvalue weighted by Gasteiger charge is -2.37. The van der Waals surface area contributed by atoms with Crippen LogP contribution >= 0.6 is 0 Å². The van der Waals surface area contributed by atoms with E-state index in [-0.39, 0.29) is 11.4 Å². The highest BCUT2D eigenvalue weighted by Crippen LogP contribution is 2.24. The molecule has 0 rings (SSSR count). The summed E-state index contributed by atoms with van der Waals surface area (Å²) >= 11 is 0. The number of rotatable bonds is 7. The molecule has 4 nitrogen and oxygen atoms in total. The van der Waals surface area contributed by atoms with Gasteiger partial charge in [-0.15, -0.1) is 0 Å². The van der Waals surface area contributed by atoms with E-state index in [0.29, 0.717) is 12.6 Å². The monoisotopic (exact) mass is 272 g/mol. The Morgan fingerprint density at radius 2 is 1.84 bits per heavy atom. The standard InChI is InChI=1S/C15H32N2O2/c1-9-19-13(18)15(6,16-7)10-11-17(8)12(2)14(3,4)5/h12,16H,9-11H2,1-8H3. The van der Waals surface area contributed by atoms with E-state index in [2.05, 4.69) is 45.0 Å². The Labute approximate surface area is 118 Å². The van der Waals surface area contributed by atoms with E-state index in [9.17, 15) is 4.79 Å². The third kappa shape index (κ3) is 5.49. The lowest BCUT2D eigenvalue weighted by molar-refractivity contribution is -0.150. The highest BCUT2D eigenvalue weighted by molar-refractivity contribution is 5.80. The van der Waals surface area contributed by atoms with Crippen LogP contribution in [0, 0.1) is 5.41 Å². The van der Waals surface area contributed by atoms with E-state index in [1.165, 1.54) is 0 Å². The molecular weight excluding hydrogens is 240 g/mol. The molecule has 0 aliphatic carbocycles. The minimum atomic E-state index is -0.609. The first-order valence-corrected chi connectivity index (χ1v) is 7.15. The Hall–Kier alpha value is -0.610. The van der Waals surface area contributed by atoms with Crippen molar-refractivity contribution in [3.63, 3.8) is 0 Å². The average Bonchev–Trinajstić information content (AvgIpc) is 2.33. The number of hydrogen-bond donors (Lipinski definition) is 1. The molecule has 0 heterocycles. The molecule has 0 aromatic carbocycles. The molecule has 0 amide bonds. The zero-order chi connectivity index (χ0) is 15.3. The molecule has 0 bridgehead atoms. The fourth-order valence-electron chi connectivity index (χ4n) is 1.87. The van der Waals surface area contributed by atoms with Crippen molar-refractivity contribution in [3.05, 3.63) is 0 Å². The molecule has 0 aromatic rings. The molecule has 2 atom stereocenters. The van der Waals surface area contributed by atoms with Crippen molar-refractivity contribution in [2.45, 2.75) is 59.5 Å². The quantitative estimate of drug-likeness (QED) is 0.722. The van der Waals surface area contributed by atoms with Crippen LogP contribution < -0.4 is 5.32 Å². The van der Waals surface area contributed by atoms with Crippen LogP contribution in [0.4, 0.5) is 0 Å². The van der Waals surface area contributed by atoms with Gasteiger partial charge in [0.05, 0.1) is 6.61 Å². The third-order valence-electron chi connectivity index (χ3n) is 4.16. The highest BCUT2D eigenvalue weighted by Gasteiger charge is 2.34. The molecule has 0 aliphatic heterocycles. The summed E-state index contributed by atoms with van der Waals surface area (Å²) in [6.07, 6.45) is 0.735. The second kappa shape index (κ2) is 7.25. The van der Waals surface area contributed by atoms with Gasteiger partial charge in [0.15, 0.2) is 0 Å². The zero-order valence-electron chi connectivity index (χ0n) is 14.0. The van der Waals surface area contributed by atoms with Crippen molar-refractivity contribution in [3.8, 4) is 0 Å². The number of esters is 1. The number of nitrogens with one attached hydrogen (secondary N) is 1. The van der Waals surface area contributed by atoms with Gasteiger partial charge in [0, 0.05) is 12.6 Å². The maximum atomic E-state index is 12.0. The summed E-state index contributed by atoms with van der Waals surface area (Å²) in [4.78, 5) is 14.3. The molecule has 4 heteroatoms. The van der Waals surface area contributed by atoms with Crippen molar-refractivity contribution >= 4 is 5.97 Å². The number of hydrogen-bond acceptors (Lipinski definition) is 4. The minimum absolute atomic E-state index is 0.172. The lowest BCUT2D eigenvalue weighted by Crippen LogP contribution is -2.51. The van der Waals surface area contributed by atoms with Gasteiger partial charge in [0.1, 0.15) is 5.54 Å². The summed E-state index contributed by atoms with van der Waals surface area (Å²) in [5, 5.41) is 3.09. The fourth-order valence-corrected chi connectivity index (χ4v) is 1.87. The number of ether oxygens (including phenoxy) is 1. The van der Waals surface area contributed by atoms with Crippen LogP contribution in [-0.4, -0.2) is 49.7 Å². The largest absolute Gasteiger partial charge is 0.465 e. The van der Waals surface area contributed by atoms with Crippen molar-refractivity contribution in [2.75, 3.05) is 27.2 Å². The normalized spacial score (nSPS) is 17.1. The van der Waals surface area contributed by atoms with Crippen LogP contribution in [0.15, 0.2) is 0 Å². The SMILES string of the molecule is CCOC(=O)C(C)(CCN(C)C(C)C(C)(C)C)NC. The predicted molar refractivity (Wildman–Crippen MR) is 80.3 cm³/mol. The summed E-state index contributed by atoms with van der Waals surface area (Å²) in [5.74, 6) is -0.172. The molecule has 0 saturated heterocycles. The highest BCUT2D eigenvalue weighted by atomic mass is 16.5. The van der Waals surface area contributed by atoms with Crippen molar-refractivity contribution in [1.29, 1.82) is 0 Å². The molecule has 1 N–H and O–H groups in total. The molecular formula is C15H32N2O2. The smallest absolute Gasteiger partial charge is 0.326 e. The van der Waals surface area contributed by atoms with E-state index in [4.69, 9.17) is 4.74 Å². The molecule has 0 aromatic heterocycles. The summed E-state index contributed by atoms with van der Waals surface area (Å²) in [7, 11) is 3.92. The van der Waals surface area contributed by atoms with Gasteiger partial charge in [-0.2, -0.15) is 0 Å². The number of carbonyl (C=O) groups excluding carboxylic acids is 1. The van der Waals surface area contributed by atoms with Crippen LogP contribution in [-0.2, 0) is 9.53 Å². The first-order chi connectivity index (χ1) is 8.58. The van der Waals surface area contributed by atoms with Gasteiger partial charge in [-0.05, 0) is 46.7 Å². The van der Waals surface area contributed by atoms with Crippen LogP contribution in [0.1, 0.15) is 48.0 Å². The molecule has 2 unspecified atom stereocenters. The minimum Gasteiger partial charge on any atom is -0.465 e. The van der Waals surface area contributed by atoms with Crippen molar-refractivity contribution in [1.82, 2.24) is 10.2 Å². The molecule has 0 aliphatic rings. The molecule has 0 saturated carbocycles. The van der Waals surface area contributed by atoms with E-state index < -0.39 is 5.54 Å². The summed E-state index contributed by atoms with van der Waals surface area (Å²) in [5.41, 5.74) is -0.378. The van der Waals surface area contributed by atoms with Crippen molar-refractivity contribution in [2.24, 2.45) is 5.41 Å². The van der Waals surface area contributed by atoms with Crippen molar-refractivity contribution < 1.29 is 9.53 Å². The Morgan fingerprint density at radius 1 is 1.32 bits per heavy atom. The Bertz CT molecular complexity index is 286. The summed E-state index contributed by atoms with van der Waals surface area (Å²) in [6.45, 7) is 13.9. The van der Waals surface area contributed by atoms with Gasteiger partial charge in [-0.1, -0.05) is 20.8 Å². The van der Waals surface area contributed by atoms with Crippen LogP contribution in [0.2, 0.25) is 0 Å². The molecule has 0 radical (unpaired) electrons. The fraction of sp³-hybridized carbons (Fsp3) is 0.933. The summed E-state index contributed by atoms with van der Waals surface area (Å²) < 4.78 is 5.14. The first kappa shape index (κ1) is 18.4. The first-order valence-electron chi connectivity index (χ1n) is 7.15. The van der Waals surface area contributed by atoms with Crippen LogP contribution in [0.3, 0.4) is 0 Å². The predicted octanol–water partition coefficient (Wildman–Crippen LogP) is 2.28. The van der Waals surface area contributed by atoms with E-state index in [1.54, 1.807) is 0 Å². The zero-order valence-corrected chi connectivity index (χ0v) is 14.0. The van der Waals surface area contributed by atoms with Gasteiger partial charge < -0.3 is 15.0 Å². The second-order valence-corrected chi connectivity index (χ2v) is 6.58. The van der Waals surface area contributed by atoms with Gasteiger partial charge in [0.2, 0.25) is 0 Å². The Balaban J connectivity index is 4.54. The maximum Gasteiger partial charge on any atom is 0.326 e.